The van der Waals surface area contributed by atoms with Crippen LogP contribution in [0.3, 0.4) is 0 Å². The molecule has 3 rings (SSSR count). The van der Waals surface area contributed by atoms with Crippen molar-refractivity contribution >= 4 is 27.9 Å². The second kappa shape index (κ2) is 9.57. The number of sulfonamides is 1. The summed E-state index contributed by atoms with van der Waals surface area (Å²) < 4.78 is 32.2. The van der Waals surface area contributed by atoms with Gasteiger partial charge in [0.2, 0.25) is 10.0 Å². The zero-order chi connectivity index (χ0) is 21.7. The van der Waals surface area contributed by atoms with Crippen LogP contribution < -0.4 is 15.4 Å². The van der Waals surface area contributed by atoms with Crippen molar-refractivity contribution in [3.05, 3.63) is 29.8 Å². The van der Waals surface area contributed by atoms with E-state index in [1.165, 1.54) is 31.2 Å². The monoisotopic (exact) mass is 437 g/mol. The SMILES string of the molecule is CC(OC(=O)c1cccc(S(=O)(=O)NC2CC2)c1)C(=O)NC(=O)NC1CCCCC1. The van der Waals surface area contributed by atoms with Gasteiger partial charge in [-0.25, -0.2) is 22.7 Å². The lowest BCUT2D eigenvalue weighted by Gasteiger charge is -2.23. The van der Waals surface area contributed by atoms with Gasteiger partial charge in [-0.2, -0.15) is 0 Å². The summed E-state index contributed by atoms with van der Waals surface area (Å²) in [6.07, 6.45) is 5.34. The van der Waals surface area contributed by atoms with Crippen LogP contribution in [0.5, 0.6) is 0 Å². The van der Waals surface area contributed by atoms with Crippen LogP contribution in [0.1, 0.15) is 62.2 Å². The molecule has 164 valence electrons. The van der Waals surface area contributed by atoms with Gasteiger partial charge in [0, 0.05) is 12.1 Å². The smallest absolute Gasteiger partial charge is 0.338 e. The number of imide groups is 1. The first-order valence-electron chi connectivity index (χ1n) is 10.2. The third-order valence-electron chi connectivity index (χ3n) is 5.11. The molecule has 0 saturated heterocycles. The van der Waals surface area contributed by atoms with Gasteiger partial charge in [-0.1, -0.05) is 25.3 Å². The highest BCUT2D eigenvalue weighted by Gasteiger charge is 2.29. The molecular formula is C20H27N3O6S. The fourth-order valence-corrected chi connectivity index (χ4v) is 4.59. The maximum Gasteiger partial charge on any atom is 0.338 e. The van der Waals surface area contributed by atoms with Crippen molar-refractivity contribution in [3.63, 3.8) is 0 Å². The standard InChI is InChI=1S/C20H27N3O6S/c1-13(18(24)22-20(26)21-15-7-3-2-4-8-15)29-19(25)14-6-5-9-17(12-14)30(27,28)23-16-10-11-16/h5-6,9,12-13,15-16,23H,2-4,7-8,10-11H2,1H3,(H2,21,22,24,26). The maximum absolute atomic E-state index is 12.4. The van der Waals surface area contributed by atoms with Gasteiger partial charge in [0.05, 0.1) is 10.5 Å². The van der Waals surface area contributed by atoms with Crippen molar-refractivity contribution in [1.82, 2.24) is 15.4 Å². The van der Waals surface area contributed by atoms with E-state index in [1.807, 2.05) is 0 Å². The van der Waals surface area contributed by atoms with E-state index >= 15 is 0 Å². The van der Waals surface area contributed by atoms with E-state index in [0.717, 1.165) is 44.9 Å². The molecule has 2 aliphatic carbocycles. The Morgan fingerprint density at radius 3 is 2.40 bits per heavy atom. The van der Waals surface area contributed by atoms with E-state index in [9.17, 15) is 22.8 Å². The summed E-state index contributed by atoms with van der Waals surface area (Å²) in [4.78, 5) is 36.4. The van der Waals surface area contributed by atoms with Crippen LogP contribution in [0, 0.1) is 0 Å². The van der Waals surface area contributed by atoms with Gasteiger partial charge in [-0.3, -0.25) is 10.1 Å². The second-order valence-electron chi connectivity index (χ2n) is 7.77. The molecule has 2 aliphatic rings. The number of urea groups is 1. The van der Waals surface area contributed by atoms with Gasteiger partial charge >= 0.3 is 12.0 Å². The van der Waals surface area contributed by atoms with E-state index < -0.39 is 34.0 Å². The van der Waals surface area contributed by atoms with Gasteiger partial charge in [0.1, 0.15) is 0 Å². The Labute approximate surface area is 176 Å². The number of carbonyl (C=O) groups excluding carboxylic acids is 3. The summed E-state index contributed by atoms with van der Waals surface area (Å²) in [5, 5.41) is 4.93. The van der Waals surface area contributed by atoms with Crippen LogP contribution in [0.15, 0.2) is 29.2 Å². The van der Waals surface area contributed by atoms with Crippen molar-refractivity contribution in [2.24, 2.45) is 0 Å². The molecule has 0 aliphatic heterocycles. The largest absolute Gasteiger partial charge is 0.449 e. The number of ether oxygens (including phenoxy) is 1. The van der Waals surface area contributed by atoms with Gasteiger partial charge in [0.25, 0.3) is 5.91 Å². The number of hydrogen-bond acceptors (Lipinski definition) is 6. The molecule has 2 saturated carbocycles. The summed E-state index contributed by atoms with van der Waals surface area (Å²) in [6, 6.07) is 4.78. The minimum Gasteiger partial charge on any atom is -0.449 e. The van der Waals surface area contributed by atoms with E-state index in [4.69, 9.17) is 4.74 Å². The highest BCUT2D eigenvalue weighted by molar-refractivity contribution is 7.89. The first-order valence-corrected chi connectivity index (χ1v) is 11.7. The van der Waals surface area contributed by atoms with Crippen LogP contribution in [0.2, 0.25) is 0 Å². The third kappa shape index (κ3) is 6.27. The zero-order valence-corrected chi connectivity index (χ0v) is 17.7. The van der Waals surface area contributed by atoms with E-state index in [2.05, 4.69) is 15.4 Å². The average Bonchev–Trinajstić information content (AvgIpc) is 3.52. The second-order valence-corrected chi connectivity index (χ2v) is 9.48. The molecule has 10 heteroatoms. The molecule has 0 aromatic heterocycles. The van der Waals surface area contributed by atoms with Crippen molar-refractivity contribution in [3.8, 4) is 0 Å². The van der Waals surface area contributed by atoms with E-state index in [1.54, 1.807) is 0 Å². The van der Waals surface area contributed by atoms with Crippen LogP contribution >= 0.6 is 0 Å². The Balaban J connectivity index is 1.53. The van der Waals surface area contributed by atoms with Crippen LogP contribution in [0.25, 0.3) is 0 Å². The molecule has 1 aromatic rings. The molecule has 0 radical (unpaired) electrons. The highest BCUT2D eigenvalue weighted by atomic mass is 32.2. The van der Waals surface area contributed by atoms with E-state index in [-0.39, 0.29) is 22.5 Å². The Morgan fingerprint density at radius 1 is 1.03 bits per heavy atom. The molecule has 9 nitrogen and oxygen atoms in total. The van der Waals surface area contributed by atoms with Gasteiger partial charge in [0.15, 0.2) is 6.10 Å². The molecule has 0 spiro atoms. The number of esters is 1. The molecule has 0 bridgehead atoms. The first-order chi connectivity index (χ1) is 14.2. The fraction of sp³-hybridized carbons (Fsp3) is 0.550. The predicted molar refractivity (Wildman–Crippen MR) is 108 cm³/mol. The topological polar surface area (TPSA) is 131 Å². The summed E-state index contributed by atoms with van der Waals surface area (Å²) in [7, 11) is -3.72. The van der Waals surface area contributed by atoms with Crippen LogP contribution in [-0.4, -0.2) is 44.5 Å². The Kier molecular flexibility index (Phi) is 7.09. The van der Waals surface area contributed by atoms with Crippen LogP contribution in [0.4, 0.5) is 4.79 Å². The lowest BCUT2D eigenvalue weighted by Crippen LogP contribution is -2.48. The number of hydrogen-bond donors (Lipinski definition) is 3. The van der Waals surface area contributed by atoms with Crippen LogP contribution in [-0.2, 0) is 19.6 Å². The van der Waals surface area contributed by atoms with Crippen molar-refractivity contribution in [2.45, 2.75) is 75.0 Å². The Hall–Kier alpha value is -2.46. The summed E-state index contributed by atoms with van der Waals surface area (Å²) in [6.45, 7) is 1.34. The molecule has 1 atom stereocenters. The lowest BCUT2D eigenvalue weighted by atomic mass is 9.96. The molecule has 1 unspecified atom stereocenters. The zero-order valence-electron chi connectivity index (χ0n) is 16.8. The fourth-order valence-electron chi connectivity index (χ4n) is 3.24. The summed E-state index contributed by atoms with van der Waals surface area (Å²) >= 11 is 0. The molecular weight excluding hydrogens is 410 g/mol. The Morgan fingerprint density at radius 2 is 1.73 bits per heavy atom. The number of rotatable bonds is 7. The van der Waals surface area contributed by atoms with Gasteiger partial charge in [-0.05, 0) is 50.8 Å². The third-order valence-corrected chi connectivity index (χ3v) is 6.63. The quantitative estimate of drug-likeness (QED) is 0.558. The number of benzene rings is 1. The maximum atomic E-state index is 12.4. The molecule has 1 aromatic carbocycles. The number of nitrogens with one attached hydrogen (secondary N) is 3. The molecule has 0 heterocycles. The minimum atomic E-state index is -3.72. The van der Waals surface area contributed by atoms with Gasteiger partial charge in [-0.15, -0.1) is 0 Å². The van der Waals surface area contributed by atoms with E-state index in [0.29, 0.717) is 0 Å². The molecule has 3 amide bonds. The summed E-state index contributed by atoms with van der Waals surface area (Å²) in [5.41, 5.74) is -0.0000194. The first kappa shape index (κ1) is 22.2. The molecule has 2 fully saturated rings. The van der Waals surface area contributed by atoms with Crippen molar-refractivity contribution in [2.75, 3.05) is 0 Å². The average molecular weight is 438 g/mol. The Bertz CT molecular complexity index is 907. The summed E-state index contributed by atoms with van der Waals surface area (Å²) in [5.74, 6) is -1.61. The normalized spacial score (nSPS) is 18.3. The predicted octanol–water partition coefficient (Wildman–Crippen LogP) is 1.83. The van der Waals surface area contributed by atoms with Crippen molar-refractivity contribution in [1.29, 1.82) is 0 Å². The highest BCUT2D eigenvalue weighted by Crippen LogP contribution is 2.22. The molecule has 30 heavy (non-hydrogen) atoms. The molecule has 3 N–H and O–H groups in total. The van der Waals surface area contributed by atoms with Crippen molar-refractivity contribution < 1.29 is 27.5 Å². The lowest BCUT2D eigenvalue weighted by molar-refractivity contribution is -0.127. The number of carbonyl (C=O) groups is 3. The minimum absolute atomic E-state index is 0.0000194. The van der Waals surface area contributed by atoms with Gasteiger partial charge < -0.3 is 10.1 Å². The number of amides is 3.